The summed E-state index contributed by atoms with van der Waals surface area (Å²) >= 11 is 0. The van der Waals surface area contributed by atoms with Crippen molar-refractivity contribution in [3.8, 4) is 0 Å². The van der Waals surface area contributed by atoms with E-state index in [4.69, 9.17) is 9.47 Å². The molecule has 2 bridgehead atoms. The first-order valence-electron chi connectivity index (χ1n) is 40.9. The van der Waals surface area contributed by atoms with Crippen molar-refractivity contribution in [1.29, 1.82) is 0 Å². The second kappa shape index (κ2) is 40.0. The zero-order valence-electron chi connectivity index (χ0n) is 67.8. The summed E-state index contributed by atoms with van der Waals surface area (Å²) < 4.78 is 168. The molecule has 12 amide bonds. The van der Waals surface area contributed by atoms with Crippen LogP contribution >= 0.6 is 0 Å². The van der Waals surface area contributed by atoms with E-state index in [0.717, 1.165) is 36.4 Å². The largest absolute Gasteiger partial charge is 0.397 e. The van der Waals surface area contributed by atoms with Crippen LogP contribution in [0.25, 0.3) is 0 Å². The molecule has 0 aromatic heterocycles. The fourth-order valence-corrected chi connectivity index (χ4v) is 18.1. The second-order valence-electron chi connectivity index (χ2n) is 34.0. The maximum atomic E-state index is 15.8. The summed E-state index contributed by atoms with van der Waals surface area (Å²) in [5, 5.41) is 8.18. The van der Waals surface area contributed by atoms with Gasteiger partial charge in [0.25, 0.3) is 0 Å². The molecule has 1 spiro atoms. The van der Waals surface area contributed by atoms with Crippen LogP contribution in [0.4, 0.5) is 48.3 Å². The molecule has 3 N–H and O–H groups in total. The van der Waals surface area contributed by atoms with Crippen molar-refractivity contribution in [2.24, 2.45) is 41.4 Å². The fraction of sp³-hybridized carbons (Fsp3) is 0.846. The van der Waals surface area contributed by atoms with Crippen LogP contribution in [-0.2, 0) is 67.0 Å². The quantitative estimate of drug-likeness (QED) is 0.144. The third-order valence-electron chi connectivity index (χ3n) is 25.4. The van der Waals surface area contributed by atoms with Crippen LogP contribution in [0.2, 0.25) is 0 Å². The number of alkyl halides is 11. The van der Waals surface area contributed by atoms with E-state index in [1.807, 2.05) is 0 Å². The lowest BCUT2D eigenvalue weighted by Gasteiger charge is -2.47. The van der Waals surface area contributed by atoms with E-state index in [1.165, 1.54) is 49.9 Å². The van der Waals surface area contributed by atoms with Crippen LogP contribution in [0.15, 0.2) is 0 Å². The standard InChI is InChI=1S/C78H119F11N12O14/c1-11-46(4)64-72(111)94(6)44-62(104)95(7)55-20-13-12-16-30-100(71(55)110)59(39-47-21-24-50(25-22-47)77(84,85)86)69(108)93(5)43-60(102)90-54(26-23-48-37-52(79)63(53(80)38-48)78(87,88)89)68(107)101-42-51(115-33-29-76(81,82)83)40-57(101)67(106)92-75(27-17-28-75)74(113)98(10)65(49-18-14-15-19-49)73(112)97(9)58(70(109)99-31-34-114-35-32-99)41-61(103)96(8)56(36-45(2)3)66(105)91-64/h45-59,63-65H,11-44H2,1-10H3,(H,90,102)(H,91,105)(H,92,106)/t46-,47?,48?,50?,51+,52?,53?,54-,55-,56-,57-,58-,59-,63?,64-,65-/m0/s1. The molecular formula is C78H119F11N12O14. The summed E-state index contributed by atoms with van der Waals surface area (Å²) in [6.45, 7) is 3.95. The molecule has 8 rings (SSSR count). The molecule has 8 aliphatic rings. The molecule has 4 aliphatic carbocycles. The zero-order valence-corrected chi connectivity index (χ0v) is 67.8. The van der Waals surface area contributed by atoms with Crippen LogP contribution in [0, 0.1) is 41.4 Å². The van der Waals surface area contributed by atoms with Gasteiger partial charge >= 0.3 is 18.5 Å². The topological polar surface area (TPSA) is 289 Å². The molecule has 8 fully saturated rings. The van der Waals surface area contributed by atoms with Gasteiger partial charge < -0.3 is 69.5 Å². The van der Waals surface area contributed by atoms with Crippen molar-refractivity contribution in [2.75, 3.05) is 101 Å². The molecule has 2 unspecified atom stereocenters. The molecule has 4 aliphatic heterocycles. The number of nitrogens with one attached hydrogen (secondary N) is 3. The van der Waals surface area contributed by atoms with E-state index in [0.29, 0.717) is 51.4 Å². The predicted molar refractivity (Wildman–Crippen MR) is 395 cm³/mol. The minimum atomic E-state index is -5.28. The molecule has 37 heteroatoms. The maximum Gasteiger partial charge on any atom is 0.397 e. The van der Waals surface area contributed by atoms with E-state index in [-0.39, 0.29) is 103 Å². The molecule has 12 atom stereocenters. The Morgan fingerprint density at radius 1 is 0.591 bits per heavy atom. The van der Waals surface area contributed by atoms with E-state index < -0.39 is 268 Å². The first kappa shape index (κ1) is 93.3. The number of amides is 12. The minimum Gasteiger partial charge on any atom is -0.378 e. The number of likely N-dealkylation sites (N-methyl/N-ethyl adjacent to an activating group) is 6. The Morgan fingerprint density at radius 2 is 1.21 bits per heavy atom. The fourth-order valence-electron chi connectivity index (χ4n) is 18.1. The molecule has 0 radical (unpaired) electrons. The average molecular weight is 1660 g/mol. The first-order valence-corrected chi connectivity index (χ1v) is 40.9. The molecule has 26 nitrogen and oxygen atoms in total. The van der Waals surface area contributed by atoms with Gasteiger partial charge in [-0.25, -0.2) is 8.78 Å². The Hall–Kier alpha value is -7.21. The Bertz CT molecular complexity index is 3400. The van der Waals surface area contributed by atoms with Gasteiger partial charge in [-0.1, -0.05) is 59.8 Å². The highest BCUT2D eigenvalue weighted by atomic mass is 19.4. The predicted octanol–water partition coefficient (Wildman–Crippen LogP) is 7.28. The van der Waals surface area contributed by atoms with Gasteiger partial charge in [0.1, 0.15) is 72.1 Å². The van der Waals surface area contributed by atoms with Crippen molar-refractivity contribution in [3.05, 3.63) is 0 Å². The van der Waals surface area contributed by atoms with Gasteiger partial charge in [0.2, 0.25) is 70.9 Å². The highest BCUT2D eigenvalue weighted by molar-refractivity contribution is 6.01. The SMILES string of the molecule is CC[C@H](C)[C@@H]1NC(=O)[C@H](CC(C)C)N(C)C(=O)C[C@@H](C(=O)N2CCOCC2)N(C)C(=O)[C@H](C2CCCC2)N(C)C(=O)C2(CCC2)NC(=O)[C@@H]2C[C@@H](OCCC(F)(F)F)CN2C(=O)[C@H](CCC2CC(F)C(C(F)(F)F)C(F)C2)NC(=O)CN(C)C(=O)[C@H](CC2CCC(C(F)(F)F)CC2)N2CCCCC[C@@H](C2=O)N(C)C(=O)CN(C)C1=O. The van der Waals surface area contributed by atoms with Crippen molar-refractivity contribution >= 4 is 70.9 Å². The Balaban J connectivity index is 1.23. The summed E-state index contributed by atoms with van der Waals surface area (Å²) in [7, 11) is 7.80. The number of hydrogen-bond acceptors (Lipinski definition) is 14. The van der Waals surface area contributed by atoms with Gasteiger partial charge in [0.15, 0.2) is 0 Å². The maximum absolute atomic E-state index is 15.8. The van der Waals surface area contributed by atoms with Crippen LogP contribution in [0.1, 0.15) is 188 Å². The van der Waals surface area contributed by atoms with E-state index in [1.54, 1.807) is 27.7 Å². The van der Waals surface area contributed by atoms with Crippen molar-refractivity contribution in [2.45, 2.75) is 279 Å². The number of rotatable bonds is 14. The van der Waals surface area contributed by atoms with Gasteiger partial charge in [0.05, 0.1) is 57.8 Å². The van der Waals surface area contributed by atoms with Crippen LogP contribution in [0.5, 0.6) is 0 Å². The Morgan fingerprint density at radius 3 is 1.78 bits per heavy atom. The molecule has 0 aromatic rings. The molecule has 115 heavy (non-hydrogen) atoms. The third kappa shape index (κ3) is 23.6. The van der Waals surface area contributed by atoms with Gasteiger partial charge in [-0.3, -0.25) is 57.5 Å². The molecular weight excluding hydrogens is 1540 g/mol. The molecule has 4 saturated carbocycles. The molecule has 4 saturated heterocycles. The third-order valence-corrected chi connectivity index (χ3v) is 25.4. The number of carbonyl (C=O) groups is 12. The summed E-state index contributed by atoms with van der Waals surface area (Å²) in [4.78, 5) is 193. The van der Waals surface area contributed by atoms with Crippen LogP contribution in [0.3, 0.4) is 0 Å². The van der Waals surface area contributed by atoms with Crippen LogP contribution in [-0.4, -0.2) is 307 Å². The van der Waals surface area contributed by atoms with E-state index in [9.17, 15) is 53.9 Å². The number of ether oxygens (including phenoxy) is 2. The zero-order chi connectivity index (χ0) is 85.1. The summed E-state index contributed by atoms with van der Waals surface area (Å²) in [5.41, 5.74) is -1.86. The van der Waals surface area contributed by atoms with E-state index >= 15 is 51.9 Å². The number of hydrogen-bond donors (Lipinski definition) is 3. The Labute approximate surface area is 665 Å². The highest BCUT2D eigenvalue weighted by Gasteiger charge is 2.57. The summed E-state index contributed by atoms with van der Waals surface area (Å²) in [6, 6.07) is -12.1. The highest BCUT2D eigenvalue weighted by Crippen LogP contribution is 2.46. The number of morpholine rings is 1. The molecule has 0 aromatic carbocycles. The number of carbonyl (C=O) groups excluding carboxylic acids is 12. The van der Waals surface area contributed by atoms with Gasteiger partial charge in [0, 0.05) is 74.9 Å². The lowest BCUT2D eigenvalue weighted by atomic mass is 9.74. The lowest BCUT2D eigenvalue weighted by molar-refractivity contribution is -0.219. The molecule has 652 valence electrons. The van der Waals surface area contributed by atoms with Crippen molar-refractivity contribution < 1.29 is 115 Å². The number of halogens is 11. The monoisotopic (exact) mass is 1660 g/mol. The van der Waals surface area contributed by atoms with Crippen molar-refractivity contribution in [1.82, 2.24) is 60.0 Å². The minimum absolute atomic E-state index is 0.0158. The average Bonchev–Trinajstić information content (AvgIpc) is 1.63. The number of fused-ring (bicyclic) bond motifs is 3. The van der Waals surface area contributed by atoms with Crippen molar-refractivity contribution in [3.63, 3.8) is 0 Å². The van der Waals surface area contributed by atoms with Gasteiger partial charge in [-0.05, 0) is 139 Å². The summed E-state index contributed by atoms with van der Waals surface area (Å²) in [5.74, 6) is -18.4. The van der Waals surface area contributed by atoms with Gasteiger partial charge in [-0.15, -0.1) is 0 Å². The Kier molecular flexibility index (Phi) is 32.5. The van der Waals surface area contributed by atoms with Gasteiger partial charge in [-0.2, -0.15) is 39.5 Å². The van der Waals surface area contributed by atoms with E-state index in [2.05, 4.69) is 16.0 Å². The second-order valence-corrected chi connectivity index (χ2v) is 34.0. The number of nitrogens with zero attached hydrogens (tertiary/aromatic N) is 9. The van der Waals surface area contributed by atoms with Crippen LogP contribution < -0.4 is 16.0 Å². The summed E-state index contributed by atoms with van der Waals surface area (Å²) in [6.07, 6.45) is -24.3. The molecule has 4 heterocycles. The first-order chi connectivity index (χ1) is 53.9. The lowest BCUT2D eigenvalue weighted by Crippen LogP contribution is -2.68. The smallest absolute Gasteiger partial charge is 0.378 e. The normalized spacial score (nSPS) is 31.6.